The van der Waals surface area contributed by atoms with Gasteiger partial charge >= 0.3 is 12.1 Å². The van der Waals surface area contributed by atoms with Gasteiger partial charge in [-0.25, -0.2) is 4.79 Å². The molecule has 6 nitrogen and oxygen atoms in total. The second-order valence-electron chi connectivity index (χ2n) is 7.58. The molecule has 0 aliphatic heterocycles. The topological polar surface area (TPSA) is 80.4 Å². The third-order valence-electron chi connectivity index (χ3n) is 4.97. The molecular formula is C24H28N2O4. The molecule has 3 aromatic rings. The Morgan fingerprint density at radius 2 is 1.70 bits per heavy atom. The molecule has 0 saturated carbocycles. The van der Waals surface area contributed by atoms with E-state index in [-0.39, 0.29) is 31.1 Å². The predicted molar refractivity (Wildman–Crippen MR) is 116 cm³/mol. The summed E-state index contributed by atoms with van der Waals surface area (Å²) in [7, 11) is 0. The zero-order valence-electron chi connectivity index (χ0n) is 17.6. The number of hydrogen-bond acceptors (Lipinski definition) is 4. The lowest BCUT2D eigenvalue weighted by Crippen LogP contribution is -2.33. The van der Waals surface area contributed by atoms with Crippen molar-refractivity contribution in [3.8, 4) is 0 Å². The molecule has 0 unspecified atom stereocenters. The first-order chi connectivity index (χ1) is 14.5. The van der Waals surface area contributed by atoms with Crippen molar-refractivity contribution in [3.63, 3.8) is 0 Å². The number of amides is 1. The van der Waals surface area contributed by atoms with Crippen molar-refractivity contribution in [1.82, 2.24) is 10.3 Å². The van der Waals surface area contributed by atoms with Gasteiger partial charge < -0.3 is 19.8 Å². The van der Waals surface area contributed by atoms with E-state index < -0.39 is 6.09 Å². The van der Waals surface area contributed by atoms with Gasteiger partial charge in [-0.2, -0.15) is 0 Å². The van der Waals surface area contributed by atoms with Gasteiger partial charge in [-0.05, 0) is 23.1 Å². The first-order valence-corrected chi connectivity index (χ1v) is 10.2. The number of ether oxygens (including phenoxy) is 2. The molecule has 6 heteroatoms. The number of H-pyrrole nitrogens is 1. The van der Waals surface area contributed by atoms with Gasteiger partial charge in [0.1, 0.15) is 6.61 Å². The number of fused-ring (bicyclic) bond motifs is 1. The summed E-state index contributed by atoms with van der Waals surface area (Å²) in [5, 5.41) is 4.06. The Balaban J connectivity index is 1.80. The van der Waals surface area contributed by atoms with E-state index in [0.717, 1.165) is 27.7 Å². The van der Waals surface area contributed by atoms with Gasteiger partial charge in [-0.3, -0.25) is 4.79 Å². The van der Waals surface area contributed by atoms with Crippen molar-refractivity contribution in [3.05, 3.63) is 71.4 Å². The fourth-order valence-electron chi connectivity index (χ4n) is 3.52. The van der Waals surface area contributed by atoms with E-state index >= 15 is 0 Å². The van der Waals surface area contributed by atoms with E-state index in [1.54, 1.807) is 0 Å². The number of rotatable bonds is 8. The number of para-hydroxylation sites is 1. The Morgan fingerprint density at radius 1 is 1.00 bits per heavy atom. The third-order valence-corrected chi connectivity index (χ3v) is 4.97. The van der Waals surface area contributed by atoms with Gasteiger partial charge in [0.15, 0.2) is 0 Å². The van der Waals surface area contributed by atoms with E-state index in [2.05, 4.69) is 10.3 Å². The Morgan fingerprint density at radius 3 is 2.40 bits per heavy atom. The van der Waals surface area contributed by atoms with Crippen molar-refractivity contribution in [2.45, 2.75) is 39.8 Å². The van der Waals surface area contributed by atoms with Crippen LogP contribution in [-0.4, -0.2) is 23.7 Å². The summed E-state index contributed by atoms with van der Waals surface area (Å²) in [6.07, 6.45) is 0.0882. The number of aromatic nitrogens is 1. The van der Waals surface area contributed by atoms with Crippen molar-refractivity contribution < 1.29 is 19.1 Å². The number of alkyl carbamates (subject to hydrolysis) is 1. The molecule has 0 aliphatic carbocycles. The van der Waals surface area contributed by atoms with Crippen LogP contribution in [0, 0.1) is 5.92 Å². The molecule has 1 heterocycles. The minimum atomic E-state index is -0.470. The molecule has 2 N–H and O–H groups in total. The van der Waals surface area contributed by atoms with Crippen LogP contribution in [0.25, 0.3) is 10.9 Å². The van der Waals surface area contributed by atoms with Crippen LogP contribution in [-0.2, 0) is 27.3 Å². The normalized spacial score (nSPS) is 12.0. The quantitative estimate of drug-likeness (QED) is 0.520. The number of hydrogen-bond donors (Lipinski definition) is 2. The van der Waals surface area contributed by atoms with Crippen LogP contribution in [0.2, 0.25) is 0 Å². The zero-order chi connectivity index (χ0) is 21.5. The van der Waals surface area contributed by atoms with Crippen molar-refractivity contribution in [2.75, 3.05) is 6.61 Å². The van der Waals surface area contributed by atoms with Crippen LogP contribution >= 0.6 is 0 Å². The summed E-state index contributed by atoms with van der Waals surface area (Å²) in [5.41, 5.74) is 3.86. The number of benzene rings is 2. The molecule has 3 rings (SSSR count). The molecule has 0 aliphatic rings. The van der Waals surface area contributed by atoms with Crippen LogP contribution in [0.15, 0.2) is 54.6 Å². The highest BCUT2D eigenvalue weighted by Crippen LogP contribution is 2.31. The highest BCUT2D eigenvalue weighted by molar-refractivity contribution is 5.85. The van der Waals surface area contributed by atoms with Gasteiger partial charge in [0, 0.05) is 29.9 Å². The van der Waals surface area contributed by atoms with Gasteiger partial charge in [0.05, 0.1) is 12.6 Å². The summed E-state index contributed by atoms with van der Waals surface area (Å²) in [4.78, 5) is 27.2. The molecule has 1 aromatic heterocycles. The molecule has 2 aromatic carbocycles. The van der Waals surface area contributed by atoms with E-state index in [0.29, 0.717) is 6.42 Å². The van der Waals surface area contributed by atoms with Gasteiger partial charge in [0.25, 0.3) is 0 Å². The number of carbonyl (C=O) groups excluding carboxylic acids is 2. The minimum Gasteiger partial charge on any atom is -0.466 e. The average Bonchev–Trinajstić information content (AvgIpc) is 3.09. The maximum Gasteiger partial charge on any atom is 0.408 e. The molecule has 0 spiro atoms. The van der Waals surface area contributed by atoms with Crippen molar-refractivity contribution >= 4 is 23.0 Å². The predicted octanol–water partition coefficient (Wildman–Crippen LogP) is 4.90. The molecule has 0 bridgehead atoms. The number of aromatic amines is 1. The molecule has 158 valence electrons. The smallest absolute Gasteiger partial charge is 0.408 e. The molecule has 0 radical (unpaired) electrons. The summed E-state index contributed by atoms with van der Waals surface area (Å²) < 4.78 is 10.6. The summed E-state index contributed by atoms with van der Waals surface area (Å²) in [6.45, 7) is 5.99. The lowest BCUT2D eigenvalue weighted by molar-refractivity contribution is -0.140. The maximum absolute atomic E-state index is 12.5. The van der Waals surface area contributed by atoms with E-state index in [9.17, 15) is 9.59 Å². The molecule has 30 heavy (non-hydrogen) atoms. The third kappa shape index (κ3) is 5.41. The Labute approximate surface area is 176 Å². The lowest BCUT2D eigenvalue weighted by Gasteiger charge is -2.23. The van der Waals surface area contributed by atoms with Gasteiger partial charge in [-0.1, -0.05) is 62.4 Å². The Hall–Kier alpha value is -3.28. The van der Waals surface area contributed by atoms with Gasteiger partial charge in [-0.15, -0.1) is 0 Å². The van der Waals surface area contributed by atoms with Crippen molar-refractivity contribution in [2.24, 2.45) is 5.92 Å². The summed E-state index contributed by atoms with van der Waals surface area (Å²) in [6, 6.07) is 17.3. The lowest BCUT2D eigenvalue weighted by atomic mass is 9.96. The molecule has 0 saturated heterocycles. The largest absolute Gasteiger partial charge is 0.466 e. The van der Waals surface area contributed by atoms with Crippen LogP contribution in [0.1, 0.15) is 43.6 Å². The molecule has 1 atom stereocenters. The van der Waals surface area contributed by atoms with Crippen molar-refractivity contribution in [1.29, 1.82) is 0 Å². The minimum absolute atomic E-state index is 0.120. The first kappa shape index (κ1) is 21.4. The SMILES string of the molecule is CC(=O)OCCc1c([C@@H](NC(=O)OCc2ccccc2)C(C)C)[nH]c2ccccc12. The van der Waals surface area contributed by atoms with Crippen LogP contribution in [0.3, 0.4) is 0 Å². The average molecular weight is 408 g/mol. The first-order valence-electron chi connectivity index (χ1n) is 10.2. The zero-order valence-corrected chi connectivity index (χ0v) is 17.6. The second-order valence-corrected chi connectivity index (χ2v) is 7.58. The maximum atomic E-state index is 12.5. The van der Waals surface area contributed by atoms with Gasteiger partial charge in [0.2, 0.25) is 0 Å². The van der Waals surface area contributed by atoms with E-state index in [1.165, 1.54) is 6.92 Å². The Bertz CT molecular complexity index is 995. The Kier molecular flexibility index (Phi) is 7.12. The molecule has 1 amide bonds. The number of esters is 1. The van der Waals surface area contributed by atoms with Crippen LogP contribution < -0.4 is 5.32 Å². The summed E-state index contributed by atoms with van der Waals surface area (Å²) in [5.74, 6) is -0.186. The van der Waals surface area contributed by atoms with Crippen LogP contribution in [0.4, 0.5) is 4.79 Å². The molecular weight excluding hydrogens is 380 g/mol. The highest BCUT2D eigenvalue weighted by Gasteiger charge is 2.25. The number of carbonyl (C=O) groups is 2. The highest BCUT2D eigenvalue weighted by atomic mass is 16.5. The molecule has 0 fully saturated rings. The fourth-order valence-corrected chi connectivity index (χ4v) is 3.52. The fraction of sp³-hybridized carbons (Fsp3) is 0.333. The standard InChI is InChI=1S/C24H28N2O4/c1-16(2)22(26-24(28)30-15-18-9-5-4-6-10-18)23-20(13-14-29-17(3)27)19-11-7-8-12-21(19)25-23/h4-12,16,22,25H,13-15H2,1-3H3,(H,26,28)/t22-/m0/s1. The summed E-state index contributed by atoms with van der Waals surface area (Å²) >= 11 is 0. The van der Waals surface area contributed by atoms with Crippen LogP contribution in [0.5, 0.6) is 0 Å². The van der Waals surface area contributed by atoms with E-state index in [4.69, 9.17) is 9.47 Å². The second kappa shape index (κ2) is 9.96. The number of nitrogens with one attached hydrogen (secondary N) is 2. The monoisotopic (exact) mass is 408 g/mol. The van der Waals surface area contributed by atoms with E-state index in [1.807, 2.05) is 68.4 Å².